The Morgan fingerprint density at radius 3 is 2.80 bits per heavy atom. The highest BCUT2D eigenvalue weighted by Crippen LogP contribution is 2.27. The predicted molar refractivity (Wildman–Crippen MR) is 58.3 cm³/mol. The number of nitrogens with zero attached hydrogens (tertiary/aromatic N) is 1. The Hall–Kier alpha value is -0.480. The van der Waals surface area contributed by atoms with Crippen LogP contribution in [0.5, 0.6) is 0 Å². The third-order valence-corrected chi connectivity index (χ3v) is 2.77. The van der Waals surface area contributed by atoms with Crippen LogP contribution in [0.4, 0.5) is 8.78 Å². The summed E-state index contributed by atoms with van der Waals surface area (Å²) in [5.74, 6) is -2.53. The van der Waals surface area contributed by atoms with E-state index in [1.165, 1.54) is 0 Å². The molecule has 1 fully saturated rings. The first-order valence-electron chi connectivity index (χ1n) is 5.47. The van der Waals surface area contributed by atoms with Crippen molar-refractivity contribution in [2.75, 3.05) is 26.7 Å². The number of hydrogen-bond donors (Lipinski definition) is 1. The molecule has 0 amide bonds. The van der Waals surface area contributed by atoms with Crippen molar-refractivity contribution < 1.29 is 8.78 Å². The van der Waals surface area contributed by atoms with Crippen LogP contribution in [0.25, 0.3) is 0 Å². The molecule has 1 N–H and O–H groups in total. The van der Waals surface area contributed by atoms with E-state index in [0.29, 0.717) is 13.1 Å². The van der Waals surface area contributed by atoms with Crippen molar-refractivity contribution >= 4 is 0 Å². The molecule has 0 saturated carbocycles. The summed E-state index contributed by atoms with van der Waals surface area (Å²) in [5, 5.41) is 2.86. The van der Waals surface area contributed by atoms with Crippen molar-refractivity contribution in [3.8, 4) is 0 Å². The maximum absolute atomic E-state index is 13.3. The monoisotopic (exact) mass is 218 g/mol. The fourth-order valence-corrected chi connectivity index (χ4v) is 1.80. The molecule has 88 valence electrons. The standard InChI is InChI=1S/C11H20F2N2/c1-3-4-5-8-15(2)9-10-11(12,13)6-7-14-10/h3-4,10,14H,5-9H2,1-2H3/b4-3+. The number of hydrogen-bond acceptors (Lipinski definition) is 2. The Bertz CT molecular complexity index is 217. The van der Waals surface area contributed by atoms with Gasteiger partial charge in [-0.25, -0.2) is 8.78 Å². The van der Waals surface area contributed by atoms with E-state index in [1.54, 1.807) is 0 Å². The first kappa shape index (κ1) is 12.6. The minimum Gasteiger partial charge on any atom is -0.307 e. The largest absolute Gasteiger partial charge is 0.307 e. The van der Waals surface area contributed by atoms with Crippen molar-refractivity contribution in [3.05, 3.63) is 12.2 Å². The van der Waals surface area contributed by atoms with Crippen LogP contribution >= 0.6 is 0 Å². The summed E-state index contributed by atoms with van der Waals surface area (Å²) in [6.45, 7) is 3.65. The average molecular weight is 218 g/mol. The van der Waals surface area contributed by atoms with Crippen LogP contribution in [0.15, 0.2) is 12.2 Å². The topological polar surface area (TPSA) is 15.3 Å². The number of likely N-dealkylation sites (N-methyl/N-ethyl adjacent to an activating group) is 1. The number of halogens is 2. The molecule has 0 aromatic rings. The van der Waals surface area contributed by atoms with Crippen LogP contribution in [0.1, 0.15) is 19.8 Å². The molecule has 0 radical (unpaired) electrons. The molecule has 4 heteroatoms. The van der Waals surface area contributed by atoms with Gasteiger partial charge in [0.05, 0.1) is 6.04 Å². The van der Waals surface area contributed by atoms with Gasteiger partial charge < -0.3 is 10.2 Å². The fourth-order valence-electron chi connectivity index (χ4n) is 1.80. The molecule has 0 bridgehead atoms. The zero-order valence-electron chi connectivity index (χ0n) is 9.47. The van der Waals surface area contributed by atoms with Gasteiger partial charge in [-0.2, -0.15) is 0 Å². The molecular weight excluding hydrogens is 198 g/mol. The van der Waals surface area contributed by atoms with Crippen LogP contribution in [0, 0.1) is 0 Å². The second-order valence-electron chi connectivity index (χ2n) is 4.14. The summed E-state index contributed by atoms with van der Waals surface area (Å²) < 4.78 is 26.5. The minimum absolute atomic E-state index is 0.0274. The van der Waals surface area contributed by atoms with Gasteiger partial charge in [0.25, 0.3) is 5.92 Å². The van der Waals surface area contributed by atoms with Crippen molar-refractivity contribution in [3.63, 3.8) is 0 Å². The molecule has 15 heavy (non-hydrogen) atoms. The Morgan fingerprint density at radius 1 is 1.53 bits per heavy atom. The molecule has 1 atom stereocenters. The molecule has 1 rings (SSSR count). The number of alkyl halides is 2. The smallest absolute Gasteiger partial charge is 0.265 e. The van der Waals surface area contributed by atoms with Crippen LogP contribution in [-0.2, 0) is 0 Å². The molecule has 0 aromatic carbocycles. The lowest BCUT2D eigenvalue weighted by Gasteiger charge is -2.24. The zero-order valence-corrected chi connectivity index (χ0v) is 9.47. The molecule has 2 nitrogen and oxygen atoms in total. The van der Waals surface area contributed by atoms with Crippen LogP contribution in [0.3, 0.4) is 0 Å². The van der Waals surface area contributed by atoms with Gasteiger partial charge in [0.15, 0.2) is 0 Å². The maximum atomic E-state index is 13.3. The summed E-state index contributed by atoms with van der Waals surface area (Å²) in [4.78, 5) is 1.96. The number of rotatable bonds is 5. The van der Waals surface area contributed by atoms with Gasteiger partial charge in [-0.15, -0.1) is 0 Å². The van der Waals surface area contributed by atoms with Crippen molar-refractivity contribution in [1.29, 1.82) is 0 Å². The van der Waals surface area contributed by atoms with Gasteiger partial charge in [0, 0.05) is 26.1 Å². The summed E-state index contributed by atoms with van der Waals surface area (Å²) in [6.07, 6.45) is 4.93. The van der Waals surface area contributed by atoms with Crippen LogP contribution < -0.4 is 5.32 Å². The molecule has 1 saturated heterocycles. The van der Waals surface area contributed by atoms with Gasteiger partial charge in [0.1, 0.15) is 0 Å². The van der Waals surface area contributed by atoms with Crippen LogP contribution in [0.2, 0.25) is 0 Å². The first-order valence-corrected chi connectivity index (χ1v) is 5.47. The lowest BCUT2D eigenvalue weighted by Crippen LogP contribution is -2.44. The summed E-state index contributed by atoms with van der Waals surface area (Å²) in [7, 11) is 1.89. The third-order valence-electron chi connectivity index (χ3n) is 2.77. The lowest BCUT2D eigenvalue weighted by atomic mass is 10.1. The van der Waals surface area contributed by atoms with E-state index < -0.39 is 12.0 Å². The molecule has 0 spiro atoms. The molecule has 1 heterocycles. The quantitative estimate of drug-likeness (QED) is 0.709. The fraction of sp³-hybridized carbons (Fsp3) is 0.818. The molecular formula is C11H20F2N2. The highest BCUT2D eigenvalue weighted by Gasteiger charge is 2.43. The molecule has 1 aliphatic heterocycles. The zero-order chi connectivity index (χ0) is 11.3. The average Bonchev–Trinajstić information content (AvgIpc) is 2.46. The molecule has 0 aromatic heterocycles. The Balaban J connectivity index is 2.28. The highest BCUT2D eigenvalue weighted by molar-refractivity contribution is 4.92. The summed E-state index contributed by atoms with van der Waals surface area (Å²) >= 11 is 0. The van der Waals surface area contributed by atoms with Crippen molar-refractivity contribution in [2.24, 2.45) is 0 Å². The SMILES string of the molecule is C/C=C/CCN(C)CC1NCCC1(F)F. The Morgan fingerprint density at radius 2 is 2.27 bits per heavy atom. The van der Waals surface area contributed by atoms with Gasteiger partial charge in [-0.3, -0.25) is 0 Å². The normalized spacial score (nSPS) is 25.5. The summed E-state index contributed by atoms with van der Waals surface area (Å²) in [5.41, 5.74) is 0. The van der Waals surface area contributed by atoms with E-state index in [0.717, 1.165) is 13.0 Å². The summed E-state index contributed by atoms with van der Waals surface area (Å²) in [6, 6.07) is -0.673. The van der Waals surface area contributed by atoms with Crippen molar-refractivity contribution in [2.45, 2.75) is 31.7 Å². The molecule has 1 unspecified atom stereocenters. The van der Waals surface area contributed by atoms with Crippen molar-refractivity contribution in [1.82, 2.24) is 10.2 Å². The Kier molecular flexibility index (Phi) is 4.67. The number of allylic oxidation sites excluding steroid dienone is 1. The second kappa shape index (κ2) is 5.56. The van der Waals surface area contributed by atoms with E-state index in [1.807, 2.05) is 24.9 Å². The highest BCUT2D eigenvalue weighted by atomic mass is 19.3. The van der Waals surface area contributed by atoms with E-state index in [4.69, 9.17) is 0 Å². The number of nitrogens with one attached hydrogen (secondary N) is 1. The van der Waals surface area contributed by atoms with Gasteiger partial charge in [0.2, 0.25) is 0 Å². The lowest BCUT2D eigenvalue weighted by molar-refractivity contribution is -0.0186. The van der Waals surface area contributed by atoms with E-state index >= 15 is 0 Å². The van der Waals surface area contributed by atoms with Gasteiger partial charge >= 0.3 is 0 Å². The molecule has 0 aliphatic carbocycles. The van der Waals surface area contributed by atoms with E-state index in [9.17, 15) is 8.78 Å². The van der Waals surface area contributed by atoms with Gasteiger partial charge in [-0.1, -0.05) is 12.2 Å². The molecule has 1 aliphatic rings. The Labute approximate surface area is 90.3 Å². The maximum Gasteiger partial charge on any atom is 0.265 e. The first-order chi connectivity index (χ1) is 7.06. The van der Waals surface area contributed by atoms with E-state index in [-0.39, 0.29) is 6.42 Å². The predicted octanol–water partition coefficient (Wildman–Crippen LogP) is 1.88. The third kappa shape index (κ3) is 3.87. The minimum atomic E-state index is -2.53. The second-order valence-corrected chi connectivity index (χ2v) is 4.14. The van der Waals surface area contributed by atoms with Gasteiger partial charge in [-0.05, 0) is 20.4 Å². The van der Waals surface area contributed by atoms with E-state index in [2.05, 4.69) is 11.4 Å². The van der Waals surface area contributed by atoms with Crippen LogP contribution in [-0.4, -0.2) is 43.5 Å².